The smallest absolute Gasteiger partial charge is 0.251 e. The number of rotatable bonds is 8. The van der Waals surface area contributed by atoms with Crippen LogP contribution in [0, 0.1) is 0 Å². The van der Waals surface area contributed by atoms with E-state index in [0.717, 1.165) is 24.2 Å². The fourth-order valence-electron chi connectivity index (χ4n) is 3.86. The number of amides is 1. The van der Waals surface area contributed by atoms with Gasteiger partial charge in [-0.05, 0) is 43.2 Å². The van der Waals surface area contributed by atoms with E-state index in [-0.39, 0.29) is 19.1 Å². The Morgan fingerprint density at radius 3 is 2.81 bits per heavy atom. The Morgan fingerprint density at radius 2 is 2.00 bits per heavy atom. The minimum Gasteiger partial charge on any atom is -0.497 e. The van der Waals surface area contributed by atoms with Gasteiger partial charge in [0.05, 0.1) is 7.11 Å². The van der Waals surface area contributed by atoms with Gasteiger partial charge in [0.1, 0.15) is 29.7 Å². The quantitative estimate of drug-likeness (QED) is 0.567. The van der Waals surface area contributed by atoms with Crippen molar-refractivity contribution in [3.8, 4) is 11.5 Å². The molecule has 0 unspecified atom stereocenters. The average Bonchev–Trinajstić information content (AvgIpc) is 3.25. The maximum absolute atomic E-state index is 12.5. The first-order valence-corrected chi connectivity index (χ1v) is 10.8. The molecule has 1 fully saturated rings. The van der Waals surface area contributed by atoms with Gasteiger partial charge in [0.15, 0.2) is 11.5 Å². The fraction of sp³-hybridized carbons (Fsp3) is 0.417. The number of fused-ring (bicyclic) bond motifs is 1. The highest BCUT2D eigenvalue weighted by Crippen LogP contribution is 2.33. The molecule has 3 aromatic rings. The summed E-state index contributed by atoms with van der Waals surface area (Å²) in [6.45, 7) is 0.129. The Hall–Kier alpha value is -3.06. The van der Waals surface area contributed by atoms with Crippen LogP contribution in [0.5, 0.6) is 11.5 Å². The van der Waals surface area contributed by atoms with Crippen molar-refractivity contribution in [3.63, 3.8) is 0 Å². The highest BCUT2D eigenvalue weighted by atomic mass is 16.5. The topological polar surface area (TPSA) is 93.8 Å². The Bertz CT molecular complexity index is 1030. The molecule has 0 radical (unpaired) electrons. The second-order valence-electron chi connectivity index (χ2n) is 7.92. The maximum atomic E-state index is 12.5. The summed E-state index contributed by atoms with van der Waals surface area (Å²) in [5.41, 5.74) is 1.86. The molecule has 1 aromatic heterocycles. The van der Waals surface area contributed by atoms with E-state index in [4.69, 9.17) is 13.9 Å². The standard InChI is InChI=1S/C24H28N2O5/c1-29-19-8-5-9-20(13-19)30-15-18(27)14-25-23(28)17-10-11-21-22(12-17)31-24(26-21)16-6-3-2-4-7-16/h5,8-13,16,18,27H,2-4,6-7,14-15H2,1H3,(H,25,28)/t18-/m0/s1. The first-order valence-electron chi connectivity index (χ1n) is 10.8. The van der Waals surface area contributed by atoms with E-state index in [1.807, 2.05) is 18.2 Å². The van der Waals surface area contributed by atoms with Crippen molar-refractivity contribution >= 4 is 17.0 Å². The van der Waals surface area contributed by atoms with Gasteiger partial charge in [-0.25, -0.2) is 4.98 Å². The minimum atomic E-state index is -0.845. The highest BCUT2D eigenvalue weighted by Gasteiger charge is 2.21. The van der Waals surface area contributed by atoms with Gasteiger partial charge in [0.2, 0.25) is 0 Å². The van der Waals surface area contributed by atoms with Gasteiger partial charge in [-0.15, -0.1) is 0 Å². The van der Waals surface area contributed by atoms with Gasteiger partial charge in [-0.3, -0.25) is 4.79 Å². The van der Waals surface area contributed by atoms with E-state index < -0.39 is 6.10 Å². The number of benzene rings is 2. The van der Waals surface area contributed by atoms with Crippen LogP contribution in [0.1, 0.15) is 54.3 Å². The molecule has 2 N–H and O–H groups in total. The van der Waals surface area contributed by atoms with Gasteiger partial charge in [-0.2, -0.15) is 0 Å². The first kappa shape index (κ1) is 21.2. The van der Waals surface area contributed by atoms with Crippen LogP contribution >= 0.6 is 0 Å². The monoisotopic (exact) mass is 424 g/mol. The van der Waals surface area contributed by atoms with Crippen LogP contribution in [0.25, 0.3) is 11.1 Å². The van der Waals surface area contributed by atoms with Gasteiger partial charge >= 0.3 is 0 Å². The Morgan fingerprint density at radius 1 is 1.19 bits per heavy atom. The molecule has 1 heterocycles. The number of hydrogen-bond acceptors (Lipinski definition) is 6. The lowest BCUT2D eigenvalue weighted by Gasteiger charge is -2.17. The fourth-order valence-corrected chi connectivity index (χ4v) is 3.86. The van der Waals surface area contributed by atoms with Gasteiger partial charge in [0, 0.05) is 24.1 Å². The van der Waals surface area contributed by atoms with Gasteiger partial charge < -0.3 is 24.3 Å². The molecule has 0 bridgehead atoms. The zero-order valence-corrected chi connectivity index (χ0v) is 17.7. The summed E-state index contributed by atoms with van der Waals surface area (Å²) in [4.78, 5) is 17.1. The number of nitrogens with one attached hydrogen (secondary N) is 1. The number of ether oxygens (including phenoxy) is 2. The number of carbonyl (C=O) groups excluding carboxylic acids is 1. The SMILES string of the molecule is COc1cccc(OC[C@@H](O)CNC(=O)c2ccc3nc(C4CCCCC4)oc3c2)c1. The largest absolute Gasteiger partial charge is 0.497 e. The first-order chi connectivity index (χ1) is 15.1. The summed E-state index contributed by atoms with van der Waals surface area (Å²) < 4.78 is 16.7. The van der Waals surface area contributed by atoms with Crippen molar-refractivity contribution in [1.29, 1.82) is 0 Å². The molecule has 1 aliphatic carbocycles. The Kier molecular flexibility index (Phi) is 6.72. The molecule has 7 nitrogen and oxygen atoms in total. The van der Waals surface area contributed by atoms with Crippen molar-refractivity contribution in [2.45, 2.75) is 44.1 Å². The molecule has 0 spiro atoms. The van der Waals surface area contributed by atoms with Crippen LogP contribution in [0.2, 0.25) is 0 Å². The van der Waals surface area contributed by atoms with Crippen LogP contribution in [0.4, 0.5) is 0 Å². The van der Waals surface area contributed by atoms with Crippen molar-refractivity contribution in [3.05, 3.63) is 53.9 Å². The van der Waals surface area contributed by atoms with E-state index in [9.17, 15) is 9.90 Å². The molecule has 7 heteroatoms. The van der Waals surface area contributed by atoms with Crippen molar-refractivity contribution in [2.24, 2.45) is 0 Å². The molecular formula is C24H28N2O5. The lowest BCUT2D eigenvalue weighted by atomic mass is 9.89. The average molecular weight is 424 g/mol. The molecule has 1 saturated carbocycles. The lowest BCUT2D eigenvalue weighted by molar-refractivity contribution is 0.0843. The van der Waals surface area contributed by atoms with Crippen LogP contribution in [0.3, 0.4) is 0 Å². The number of nitrogens with zero attached hydrogens (tertiary/aromatic N) is 1. The predicted molar refractivity (Wildman–Crippen MR) is 117 cm³/mol. The van der Waals surface area contributed by atoms with E-state index in [1.165, 1.54) is 19.3 Å². The number of oxazole rings is 1. The van der Waals surface area contributed by atoms with Crippen molar-refractivity contribution in [1.82, 2.24) is 10.3 Å². The molecule has 2 aromatic carbocycles. The molecule has 1 amide bonds. The van der Waals surface area contributed by atoms with Crippen molar-refractivity contribution in [2.75, 3.05) is 20.3 Å². The highest BCUT2D eigenvalue weighted by molar-refractivity contribution is 5.97. The number of carbonyl (C=O) groups is 1. The minimum absolute atomic E-state index is 0.0549. The zero-order valence-electron chi connectivity index (χ0n) is 17.7. The third kappa shape index (κ3) is 5.35. The summed E-state index contributed by atoms with van der Waals surface area (Å²) in [6, 6.07) is 12.4. The molecule has 164 valence electrons. The summed E-state index contributed by atoms with van der Waals surface area (Å²) in [7, 11) is 1.58. The number of hydrogen-bond donors (Lipinski definition) is 2. The zero-order chi connectivity index (χ0) is 21.6. The Balaban J connectivity index is 1.31. The van der Waals surface area contributed by atoms with E-state index >= 15 is 0 Å². The number of aromatic nitrogens is 1. The molecule has 0 saturated heterocycles. The predicted octanol–water partition coefficient (Wildman–Crippen LogP) is 4.05. The van der Waals surface area contributed by atoms with Crippen LogP contribution in [-0.4, -0.2) is 42.4 Å². The van der Waals surface area contributed by atoms with E-state index in [1.54, 1.807) is 31.4 Å². The third-order valence-corrected chi connectivity index (χ3v) is 5.60. The molecule has 1 atom stereocenters. The third-order valence-electron chi connectivity index (χ3n) is 5.60. The lowest BCUT2D eigenvalue weighted by Crippen LogP contribution is -2.35. The second-order valence-corrected chi connectivity index (χ2v) is 7.92. The van der Waals surface area contributed by atoms with Crippen LogP contribution < -0.4 is 14.8 Å². The summed E-state index contributed by atoms with van der Waals surface area (Å²) in [5.74, 6) is 2.14. The molecule has 31 heavy (non-hydrogen) atoms. The number of methoxy groups -OCH3 is 1. The van der Waals surface area contributed by atoms with Gasteiger partial charge in [-0.1, -0.05) is 25.3 Å². The summed E-state index contributed by atoms with van der Waals surface area (Å²) in [5, 5.41) is 12.9. The Labute approximate surface area is 181 Å². The molecular weight excluding hydrogens is 396 g/mol. The van der Waals surface area contributed by atoms with Crippen LogP contribution in [0.15, 0.2) is 46.9 Å². The van der Waals surface area contributed by atoms with E-state index in [2.05, 4.69) is 10.3 Å². The maximum Gasteiger partial charge on any atom is 0.251 e. The number of aliphatic hydroxyl groups is 1. The van der Waals surface area contributed by atoms with Crippen LogP contribution in [-0.2, 0) is 0 Å². The van der Waals surface area contributed by atoms with Gasteiger partial charge in [0.25, 0.3) is 5.91 Å². The summed E-state index contributed by atoms with van der Waals surface area (Å²) >= 11 is 0. The second kappa shape index (κ2) is 9.83. The van der Waals surface area contributed by atoms with Crippen molar-refractivity contribution < 1.29 is 23.8 Å². The molecule has 1 aliphatic rings. The normalized spacial score (nSPS) is 15.5. The van der Waals surface area contributed by atoms with E-state index in [0.29, 0.717) is 28.6 Å². The molecule has 4 rings (SSSR count). The molecule has 0 aliphatic heterocycles. The number of aliphatic hydroxyl groups excluding tert-OH is 1. The summed E-state index contributed by atoms with van der Waals surface area (Å²) in [6.07, 6.45) is 5.06.